The van der Waals surface area contributed by atoms with Crippen molar-refractivity contribution in [2.75, 3.05) is 17.7 Å². The van der Waals surface area contributed by atoms with E-state index in [1.54, 1.807) is 42.6 Å². The first kappa shape index (κ1) is 22.8. The number of esters is 1. The van der Waals surface area contributed by atoms with Gasteiger partial charge in [0.1, 0.15) is 11.4 Å². The number of anilines is 3. The molecule has 1 heterocycles. The van der Waals surface area contributed by atoms with Gasteiger partial charge in [0.25, 0.3) is 5.91 Å². The summed E-state index contributed by atoms with van der Waals surface area (Å²) in [6.07, 6.45) is 7.77. The van der Waals surface area contributed by atoms with Crippen LogP contribution in [0.5, 0.6) is 0 Å². The van der Waals surface area contributed by atoms with Crippen molar-refractivity contribution in [3.63, 3.8) is 0 Å². The molecule has 1 aliphatic rings. The maximum Gasteiger partial charge on any atom is 0.341 e. The number of carbonyl (C=O) groups is 2. The van der Waals surface area contributed by atoms with Crippen molar-refractivity contribution in [2.45, 2.75) is 38.0 Å². The van der Waals surface area contributed by atoms with Crippen LogP contribution in [-0.4, -0.2) is 24.0 Å². The third kappa shape index (κ3) is 5.52. The quantitative estimate of drug-likeness (QED) is 0.404. The fraction of sp³-hybridized carbons (Fsp3) is 0.269. The van der Waals surface area contributed by atoms with Crippen LogP contribution in [-0.2, 0) is 4.74 Å². The van der Waals surface area contributed by atoms with Gasteiger partial charge in [0.15, 0.2) is 0 Å². The third-order valence-corrected chi connectivity index (χ3v) is 6.23. The number of rotatable bonds is 6. The second-order valence-corrected chi connectivity index (χ2v) is 8.53. The van der Waals surface area contributed by atoms with E-state index in [2.05, 4.69) is 21.7 Å². The molecule has 7 heteroatoms. The summed E-state index contributed by atoms with van der Waals surface area (Å²) >= 11 is 6.50. The Balaban J connectivity index is 1.48. The molecule has 2 N–H and O–H groups in total. The lowest BCUT2D eigenvalue weighted by Crippen LogP contribution is -2.13. The zero-order valence-electron chi connectivity index (χ0n) is 18.4. The Hall–Kier alpha value is -3.38. The summed E-state index contributed by atoms with van der Waals surface area (Å²) in [5, 5.41) is 6.52. The van der Waals surface area contributed by atoms with E-state index < -0.39 is 5.97 Å². The summed E-state index contributed by atoms with van der Waals surface area (Å²) < 4.78 is 4.81. The number of nitrogens with one attached hydrogen (secondary N) is 2. The van der Waals surface area contributed by atoms with Crippen molar-refractivity contribution in [1.82, 2.24) is 4.98 Å². The lowest BCUT2D eigenvalue weighted by atomic mass is 9.84. The zero-order valence-corrected chi connectivity index (χ0v) is 19.2. The predicted octanol–water partition coefficient (Wildman–Crippen LogP) is 6.57. The smallest absolute Gasteiger partial charge is 0.341 e. The van der Waals surface area contributed by atoms with Gasteiger partial charge in [0, 0.05) is 17.4 Å². The molecule has 0 atom stereocenters. The summed E-state index contributed by atoms with van der Waals surface area (Å²) in [5.74, 6) is 0.125. The minimum Gasteiger partial charge on any atom is -0.465 e. The molecule has 170 valence electrons. The van der Waals surface area contributed by atoms with Gasteiger partial charge in [-0.2, -0.15) is 0 Å². The molecule has 0 unspecified atom stereocenters. The molecule has 1 saturated carbocycles. The van der Waals surface area contributed by atoms with Crippen molar-refractivity contribution in [2.24, 2.45) is 0 Å². The first-order valence-corrected chi connectivity index (χ1v) is 11.4. The zero-order chi connectivity index (χ0) is 23.2. The number of halogens is 1. The molecule has 0 aliphatic heterocycles. The largest absolute Gasteiger partial charge is 0.465 e. The fourth-order valence-corrected chi connectivity index (χ4v) is 4.41. The van der Waals surface area contributed by atoms with Crippen LogP contribution in [0.4, 0.5) is 17.2 Å². The van der Waals surface area contributed by atoms with Crippen LogP contribution in [0.1, 0.15) is 64.3 Å². The molecule has 33 heavy (non-hydrogen) atoms. The second kappa shape index (κ2) is 10.5. The second-order valence-electron chi connectivity index (χ2n) is 8.13. The van der Waals surface area contributed by atoms with Gasteiger partial charge in [0.2, 0.25) is 0 Å². The molecule has 0 bridgehead atoms. The van der Waals surface area contributed by atoms with Crippen LogP contribution in [0.25, 0.3) is 0 Å². The number of methoxy groups -OCH3 is 1. The molecule has 2 aromatic carbocycles. The van der Waals surface area contributed by atoms with Gasteiger partial charge in [-0.05, 0) is 66.8 Å². The van der Waals surface area contributed by atoms with E-state index in [1.165, 1.54) is 44.8 Å². The summed E-state index contributed by atoms with van der Waals surface area (Å²) in [5.41, 5.74) is 3.19. The summed E-state index contributed by atoms with van der Waals surface area (Å²) in [6.45, 7) is 0. The number of nitrogens with zero attached hydrogens (tertiary/aromatic N) is 1. The maximum absolute atomic E-state index is 12.9. The van der Waals surface area contributed by atoms with Crippen molar-refractivity contribution in [3.8, 4) is 0 Å². The third-order valence-electron chi connectivity index (χ3n) is 5.92. The molecule has 4 rings (SSSR count). The SMILES string of the molecule is COC(=O)c1cccnc1Nc1cccc(C(=O)Nc2ccc(C3CCCCC3)cc2Cl)c1. The molecule has 0 spiro atoms. The van der Waals surface area contributed by atoms with Gasteiger partial charge in [-0.1, -0.05) is 43.0 Å². The summed E-state index contributed by atoms with van der Waals surface area (Å²) in [7, 11) is 1.32. The normalized spacial score (nSPS) is 13.9. The molecule has 1 fully saturated rings. The average Bonchev–Trinajstić information content (AvgIpc) is 2.86. The van der Waals surface area contributed by atoms with E-state index >= 15 is 0 Å². The monoisotopic (exact) mass is 463 g/mol. The highest BCUT2D eigenvalue weighted by molar-refractivity contribution is 6.34. The minimum atomic E-state index is -0.495. The highest BCUT2D eigenvalue weighted by Gasteiger charge is 2.18. The maximum atomic E-state index is 12.9. The Morgan fingerprint density at radius 2 is 1.85 bits per heavy atom. The highest BCUT2D eigenvalue weighted by atomic mass is 35.5. The van der Waals surface area contributed by atoms with Crippen LogP contribution in [0.15, 0.2) is 60.8 Å². The van der Waals surface area contributed by atoms with E-state index in [9.17, 15) is 9.59 Å². The van der Waals surface area contributed by atoms with Crippen molar-refractivity contribution in [1.29, 1.82) is 0 Å². The Morgan fingerprint density at radius 3 is 2.61 bits per heavy atom. The van der Waals surface area contributed by atoms with E-state index in [0.29, 0.717) is 39.3 Å². The van der Waals surface area contributed by atoms with Crippen LogP contribution >= 0.6 is 11.6 Å². The van der Waals surface area contributed by atoms with E-state index in [1.807, 2.05) is 12.1 Å². The van der Waals surface area contributed by atoms with Crippen LogP contribution in [0.2, 0.25) is 5.02 Å². The van der Waals surface area contributed by atoms with Gasteiger partial charge in [0.05, 0.1) is 17.8 Å². The van der Waals surface area contributed by atoms with Crippen molar-refractivity contribution < 1.29 is 14.3 Å². The minimum absolute atomic E-state index is 0.278. The average molecular weight is 464 g/mol. The van der Waals surface area contributed by atoms with Crippen molar-refractivity contribution in [3.05, 3.63) is 82.5 Å². The van der Waals surface area contributed by atoms with Gasteiger partial charge in [-0.25, -0.2) is 9.78 Å². The number of pyridine rings is 1. The summed E-state index contributed by atoms with van der Waals surface area (Å²) in [4.78, 5) is 29.1. The number of carbonyl (C=O) groups excluding carboxylic acids is 2. The van der Waals surface area contributed by atoms with E-state index in [4.69, 9.17) is 16.3 Å². The number of hydrogen-bond donors (Lipinski definition) is 2. The van der Waals surface area contributed by atoms with Crippen LogP contribution in [0.3, 0.4) is 0 Å². The molecule has 0 radical (unpaired) electrons. The highest BCUT2D eigenvalue weighted by Crippen LogP contribution is 2.35. The molecule has 3 aromatic rings. The molecule has 1 aromatic heterocycles. The predicted molar refractivity (Wildman–Crippen MR) is 131 cm³/mol. The first-order valence-electron chi connectivity index (χ1n) is 11.1. The fourth-order valence-electron chi connectivity index (χ4n) is 4.17. The first-order chi connectivity index (χ1) is 16.0. The molecule has 0 saturated heterocycles. The number of hydrogen-bond acceptors (Lipinski definition) is 5. The van der Waals surface area contributed by atoms with Gasteiger partial charge >= 0.3 is 5.97 Å². The number of ether oxygens (including phenoxy) is 1. The number of benzene rings is 2. The van der Waals surface area contributed by atoms with E-state index in [-0.39, 0.29) is 5.91 Å². The molecular formula is C26H26ClN3O3. The van der Waals surface area contributed by atoms with Gasteiger partial charge in [-0.3, -0.25) is 4.79 Å². The number of amides is 1. The topological polar surface area (TPSA) is 80.3 Å². The van der Waals surface area contributed by atoms with Gasteiger partial charge < -0.3 is 15.4 Å². The molecule has 6 nitrogen and oxygen atoms in total. The van der Waals surface area contributed by atoms with Crippen molar-refractivity contribution >= 4 is 40.7 Å². The Labute approximate surface area is 198 Å². The molecule has 1 aliphatic carbocycles. The lowest BCUT2D eigenvalue weighted by molar-refractivity contribution is 0.0601. The van der Waals surface area contributed by atoms with Gasteiger partial charge in [-0.15, -0.1) is 0 Å². The standard InChI is InChI=1S/C26H26ClN3O3/c1-33-26(32)21-11-6-14-28-24(21)29-20-10-5-9-19(15-20)25(31)30-23-13-12-18(16-22(23)27)17-7-3-2-4-8-17/h5-6,9-17H,2-4,7-8H2,1H3,(H,28,29)(H,30,31). The summed E-state index contributed by atoms with van der Waals surface area (Å²) in [6, 6.07) is 16.1. The Bertz CT molecular complexity index is 1160. The molecular weight excluding hydrogens is 438 g/mol. The Kier molecular flexibility index (Phi) is 7.25. The Morgan fingerprint density at radius 1 is 1.03 bits per heavy atom. The molecule has 1 amide bonds. The van der Waals surface area contributed by atoms with E-state index in [0.717, 1.165) is 0 Å². The van der Waals surface area contributed by atoms with Crippen LogP contribution in [0, 0.1) is 0 Å². The van der Waals surface area contributed by atoms with Crippen LogP contribution < -0.4 is 10.6 Å². The lowest BCUT2D eigenvalue weighted by Gasteiger charge is -2.22. The number of aromatic nitrogens is 1.